The van der Waals surface area contributed by atoms with Crippen LogP contribution in [-0.2, 0) is 0 Å². The van der Waals surface area contributed by atoms with Gasteiger partial charge in [0, 0.05) is 25.0 Å². The lowest BCUT2D eigenvalue weighted by atomic mass is 10.0. The quantitative estimate of drug-likeness (QED) is 0.779. The summed E-state index contributed by atoms with van der Waals surface area (Å²) in [7, 11) is 0. The normalized spacial score (nSPS) is 20.9. The summed E-state index contributed by atoms with van der Waals surface area (Å²) in [4.78, 5) is 6.24. The van der Waals surface area contributed by atoms with Gasteiger partial charge in [-0.3, -0.25) is 4.98 Å². The molecule has 1 aliphatic heterocycles. The molecule has 2 rings (SSSR count). The van der Waals surface area contributed by atoms with Crippen molar-refractivity contribution in [2.45, 2.75) is 25.0 Å². The summed E-state index contributed by atoms with van der Waals surface area (Å²) in [6.45, 7) is 2.98. The summed E-state index contributed by atoms with van der Waals surface area (Å²) in [5.74, 6) is 0. The molecule has 1 aromatic rings. The molecule has 0 unspecified atom stereocenters. The maximum Gasteiger partial charge on any atom is 0.0954 e. The van der Waals surface area contributed by atoms with E-state index in [1.165, 1.54) is 12.8 Å². The first-order valence-electron chi connectivity index (χ1n) is 5.83. The van der Waals surface area contributed by atoms with E-state index >= 15 is 0 Å². The number of aromatic nitrogens is 1. The topological polar surface area (TPSA) is 62.4 Å². The van der Waals surface area contributed by atoms with Crippen molar-refractivity contribution < 1.29 is 5.11 Å². The van der Waals surface area contributed by atoms with Gasteiger partial charge in [-0.15, -0.1) is 0 Å². The Labute approximate surface area is 96.1 Å². The maximum absolute atomic E-state index is 10.1. The Balaban J connectivity index is 1.91. The molecule has 0 bridgehead atoms. The second-order valence-corrected chi connectivity index (χ2v) is 4.40. The molecule has 1 aromatic heterocycles. The maximum atomic E-state index is 10.1. The van der Waals surface area contributed by atoms with Gasteiger partial charge in [0.05, 0.1) is 6.10 Å². The Morgan fingerprint density at radius 2 is 1.94 bits per heavy atom. The molecule has 0 saturated carbocycles. The molecule has 4 heteroatoms. The molecule has 3 N–H and O–H groups in total. The van der Waals surface area contributed by atoms with Crippen molar-refractivity contribution in [3.8, 4) is 0 Å². The van der Waals surface area contributed by atoms with Crippen LogP contribution < -0.4 is 5.73 Å². The number of nitrogens with zero attached hydrogens (tertiary/aromatic N) is 2. The smallest absolute Gasteiger partial charge is 0.0954 e. The molecule has 0 amide bonds. The van der Waals surface area contributed by atoms with Gasteiger partial charge in [0.25, 0.3) is 0 Å². The van der Waals surface area contributed by atoms with Gasteiger partial charge in [0.2, 0.25) is 0 Å². The molecule has 1 fully saturated rings. The van der Waals surface area contributed by atoms with Crippen molar-refractivity contribution in [1.29, 1.82) is 0 Å². The van der Waals surface area contributed by atoms with Crippen LogP contribution in [0.15, 0.2) is 24.5 Å². The molecule has 0 aromatic carbocycles. The second-order valence-electron chi connectivity index (χ2n) is 4.40. The third-order valence-corrected chi connectivity index (χ3v) is 3.12. The monoisotopic (exact) mass is 221 g/mol. The van der Waals surface area contributed by atoms with E-state index in [1.807, 2.05) is 12.1 Å². The minimum atomic E-state index is -0.594. The van der Waals surface area contributed by atoms with E-state index in [-0.39, 0.29) is 6.04 Å². The Bertz CT molecular complexity index is 311. The molecule has 0 radical (unpaired) electrons. The van der Waals surface area contributed by atoms with E-state index in [1.54, 1.807) is 12.4 Å². The van der Waals surface area contributed by atoms with Gasteiger partial charge in [-0.2, -0.15) is 0 Å². The molecule has 4 nitrogen and oxygen atoms in total. The molecule has 1 aliphatic rings. The number of rotatable bonds is 4. The van der Waals surface area contributed by atoms with E-state index < -0.39 is 6.10 Å². The molecule has 2 atom stereocenters. The number of nitrogens with two attached hydrogens (primary N) is 1. The minimum Gasteiger partial charge on any atom is -0.387 e. The first-order valence-corrected chi connectivity index (χ1v) is 5.83. The van der Waals surface area contributed by atoms with Gasteiger partial charge >= 0.3 is 0 Å². The van der Waals surface area contributed by atoms with E-state index in [4.69, 9.17) is 5.73 Å². The predicted molar refractivity (Wildman–Crippen MR) is 62.8 cm³/mol. The zero-order chi connectivity index (χ0) is 11.4. The van der Waals surface area contributed by atoms with Crippen LogP contribution in [0.1, 0.15) is 24.5 Å². The van der Waals surface area contributed by atoms with Crippen LogP contribution in [0.5, 0.6) is 0 Å². The van der Waals surface area contributed by atoms with E-state index in [9.17, 15) is 5.11 Å². The zero-order valence-corrected chi connectivity index (χ0v) is 9.42. The molecule has 0 aliphatic carbocycles. The fourth-order valence-electron chi connectivity index (χ4n) is 2.17. The first kappa shape index (κ1) is 11.5. The number of aliphatic hydroxyl groups excluding tert-OH is 1. The standard InChI is InChI=1S/C12H19N3O/c13-11(9-15-7-1-2-8-15)12(16)10-3-5-14-6-4-10/h3-6,11-12,16H,1-2,7-9,13H2/t11-,12-/m1/s1. The largest absolute Gasteiger partial charge is 0.387 e. The zero-order valence-electron chi connectivity index (χ0n) is 9.42. The average Bonchev–Trinajstić information content (AvgIpc) is 2.82. The number of aliphatic hydroxyl groups is 1. The van der Waals surface area contributed by atoms with Gasteiger partial charge in [-0.05, 0) is 43.6 Å². The highest BCUT2D eigenvalue weighted by Crippen LogP contribution is 2.16. The second kappa shape index (κ2) is 5.39. The van der Waals surface area contributed by atoms with Crippen molar-refractivity contribution in [2.75, 3.05) is 19.6 Å². The Hall–Kier alpha value is -0.970. The lowest BCUT2D eigenvalue weighted by molar-refractivity contribution is 0.125. The summed E-state index contributed by atoms with van der Waals surface area (Å²) in [6, 6.07) is 3.41. The summed E-state index contributed by atoms with van der Waals surface area (Å²) in [5.41, 5.74) is 6.87. The van der Waals surface area contributed by atoms with Crippen LogP contribution in [0.25, 0.3) is 0 Å². The number of pyridine rings is 1. The lowest BCUT2D eigenvalue weighted by Gasteiger charge is -2.24. The number of hydrogen-bond acceptors (Lipinski definition) is 4. The van der Waals surface area contributed by atoms with Gasteiger partial charge in [-0.1, -0.05) is 0 Å². The molecule has 1 saturated heterocycles. The van der Waals surface area contributed by atoms with Gasteiger partial charge in [0.1, 0.15) is 0 Å². The minimum absolute atomic E-state index is 0.222. The lowest BCUT2D eigenvalue weighted by Crippen LogP contribution is -2.40. The van der Waals surface area contributed by atoms with E-state index in [0.29, 0.717) is 0 Å². The van der Waals surface area contributed by atoms with Crippen molar-refractivity contribution in [3.05, 3.63) is 30.1 Å². The molecule has 16 heavy (non-hydrogen) atoms. The van der Waals surface area contributed by atoms with Crippen LogP contribution in [0.4, 0.5) is 0 Å². The highest BCUT2D eigenvalue weighted by atomic mass is 16.3. The van der Waals surface area contributed by atoms with Crippen LogP contribution >= 0.6 is 0 Å². The summed E-state index contributed by atoms with van der Waals surface area (Å²) in [6.07, 6.45) is 5.27. The number of likely N-dealkylation sites (tertiary alicyclic amines) is 1. The Morgan fingerprint density at radius 3 is 2.56 bits per heavy atom. The summed E-state index contributed by atoms with van der Waals surface area (Å²) >= 11 is 0. The van der Waals surface area contributed by atoms with E-state index in [0.717, 1.165) is 25.2 Å². The molecular weight excluding hydrogens is 202 g/mol. The van der Waals surface area contributed by atoms with Crippen LogP contribution in [0, 0.1) is 0 Å². The van der Waals surface area contributed by atoms with Crippen LogP contribution in [-0.4, -0.2) is 40.7 Å². The first-order chi connectivity index (χ1) is 7.77. The SMILES string of the molecule is N[C@H](CN1CCCC1)[C@H](O)c1ccncc1. The third kappa shape index (κ3) is 2.78. The van der Waals surface area contributed by atoms with E-state index in [2.05, 4.69) is 9.88 Å². The fourth-order valence-corrected chi connectivity index (χ4v) is 2.17. The van der Waals surface area contributed by atoms with Gasteiger partial charge < -0.3 is 15.7 Å². The van der Waals surface area contributed by atoms with Crippen molar-refractivity contribution in [2.24, 2.45) is 5.73 Å². The van der Waals surface area contributed by atoms with Crippen molar-refractivity contribution >= 4 is 0 Å². The van der Waals surface area contributed by atoms with Crippen LogP contribution in [0.3, 0.4) is 0 Å². The molecule has 2 heterocycles. The Kier molecular flexibility index (Phi) is 3.88. The number of hydrogen-bond donors (Lipinski definition) is 2. The average molecular weight is 221 g/mol. The highest BCUT2D eigenvalue weighted by Gasteiger charge is 2.21. The summed E-state index contributed by atoms with van der Waals surface area (Å²) < 4.78 is 0. The van der Waals surface area contributed by atoms with Crippen molar-refractivity contribution in [1.82, 2.24) is 9.88 Å². The Morgan fingerprint density at radius 1 is 1.31 bits per heavy atom. The third-order valence-electron chi connectivity index (χ3n) is 3.12. The van der Waals surface area contributed by atoms with Gasteiger partial charge in [-0.25, -0.2) is 0 Å². The van der Waals surface area contributed by atoms with Gasteiger partial charge in [0.15, 0.2) is 0 Å². The highest BCUT2D eigenvalue weighted by molar-refractivity contribution is 5.15. The molecule has 88 valence electrons. The molecular formula is C12H19N3O. The summed E-state index contributed by atoms with van der Waals surface area (Å²) in [5, 5.41) is 10.1. The predicted octanol–water partition coefficient (Wildman–Crippen LogP) is 0.538. The van der Waals surface area contributed by atoms with Crippen LogP contribution in [0.2, 0.25) is 0 Å². The fraction of sp³-hybridized carbons (Fsp3) is 0.583. The molecule has 0 spiro atoms. The van der Waals surface area contributed by atoms with Crippen molar-refractivity contribution in [3.63, 3.8) is 0 Å².